The highest BCUT2D eigenvalue weighted by Crippen LogP contribution is 2.26. The number of aromatic nitrogens is 2. The van der Waals surface area contributed by atoms with Crippen molar-refractivity contribution in [1.29, 1.82) is 0 Å². The van der Waals surface area contributed by atoms with Crippen molar-refractivity contribution in [3.8, 4) is 0 Å². The second-order valence-electron chi connectivity index (χ2n) is 5.27. The van der Waals surface area contributed by atoms with Gasteiger partial charge in [0, 0.05) is 4.75 Å². The number of rotatable bonds is 3. The number of aromatic amines is 1. The Morgan fingerprint density at radius 3 is 2.47 bits per heavy atom. The van der Waals surface area contributed by atoms with Crippen molar-refractivity contribution in [1.82, 2.24) is 9.97 Å². The Hall–Kier alpha value is -0.0400. The van der Waals surface area contributed by atoms with Crippen molar-refractivity contribution in [2.24, 2.45) is 0 Å². The average Bonchev–Trinajstić information content (AvgIpc) is 2.18. The third-order valence-corrected chi connectivity index (χ3v) is 4.45. The summed E-state index contributed by atoms with van der Waals surface area (Å²) in [4.78, 5) is 19.2. The first kappa shape index (κ1) is 15.0. The van der Waals surface area contributed by atoms with E-state index in [4.69, 9.17) is 0 Å². The minimum Gasteiger partial charge on any atom is -0.309 e. The van der Waals surface area contributed by atoms with Gasteiger partial charge in [0.2, 0.25) is 0 Å². The lowest BCUT2D eigenvalue weighted by molar-refractivity contribution is 0.775. The topological polar surface area (TPSA) is 45.8 Å². The largest absolute Gasteiger partial charge is 0.309 e. The summed E-state index contributed by atoms with van der Waals surface area (Å²) in [6.07, 6.45) is 0. The summed E-state index contributed by atoms with van der Waals surface area (Å²) < 4.78 is 0.890. The van der Waals surface area contributed by atoms with Crippen LogP contribution in [0.15, 0.2) is 4.79 Å². The van der Waals surface area contributed by atoms with Crippen LogP contribution in [0.4, 0.5) is 0 Å². The highest BCUT2D eigenvalue weighted by Gasteiger charge is 2.15. The van der Waals surface area contributed by atoms with Crippen LogP contribution in [0.1, 0.15) is 52.1 Å². The van der Waals surface area contributed by atoms with Crippen LogP contribution in [0, 0.1) is 3.57 Å². The summed E-state index contributed by atoms with van der Waals surface area (Å²) in [6, 6.07) is 0. The van der Waals surface area contributed by atoms with Gasteiger partial charge in [-0.25, -0.2) is 4.98 Å². The number of halogens is 1. The molecule has 96 valence electrons. The summed E-state index contributed by atoms with van der Waals surface area (Å²) in [5.74, 6) is 1.80. The predicted molar refractivity (Wildman–Crippen MR) is 82.7 cm³/mol. The van der Waals surface area contributed by atoms with Gasteiger partial charge in [-0.2, -0.15) is 0 Å². The van der Waals surface area contributed by atoms with Gasteiger partial charge in [-0.15, -0.1) is 11.8 Å². The van der Waals surface area contributed by atoms with E-state index < -0.39 is 0 Å². The van der Waals surface area contributed by atoms with Crippen molar-refractivity contribution in [3.63, 3.8) is 0 Å². The molecule has 1 N–H and O–H groups in total. The number of nitrogens with one attached hydrogen (secondary N) is 1. The fourth-order valence-corrected chi connectivity index (χ4v) is 2.85. The second-order valence-corrected chi connectivity index (χ2v) is 8.15. The maximum Gasteiger partial charge on any atom is 0.264 e. The summed E-state index contributed by atoms with van der Waals surface area (Å²) in [6.45, 7) is 10.6. The zero-order chi connectivity index (χ0) is 13.2. The van der Waals surface area contributed by atoms with Crippen LogP contribution in [-0.2, 0) is 5.75 Å². The van der Waals surface area contributed by atoms with Crippen molar-refractivity contribution in [3.05, 3.63) is 25.4 Å². The molecule has 0 aliphatic carbocycles. The number of H-pyrrole nitrogens is 1. The molecular weight excluding hydrogens is 347 g/mol. The van der Waals surface area contributed by atoms with Gasteiger partial charge in [0.1, 0.15) is 5.82 Å². The molecule has 17 heavy (non-hydrogen) atoms. The van der Waals surface area contributed by atoms with E-state index in [2.05, 4.69) is 67.2 Å². The lowest BCUT2D eigenvalue weighted by Crippen LogP contribution is -2.19. The molecule has 0 saturated carbocycles. The van der Waals surface area contributed by atoms with Crippen LogP contribution in [0.25, 0.3) is 0 Å². The molecule has 0 amide bonds. The molecule has 1 heterocycles. The summed E-state index contributed by atoms with van der Waals surface area (Å²) in [5, 5.41) is 0. The van der Waals surface area contributed by atoms with Crippen LogP contribution in [0.2, 0.25) is 0 Å². The third kappa shape index (κ3) is 4.62. The fraction of sp³-hybridized carbons (Fsp3) is 0.667. The molecule has 0 aliphatic heterocycles. The van der Waals surface area contributed by atoms with Gasteiger partial charge in [-0.3, -0.25) is 4.79 Å². The van der Waals surface area contributed by atoms with Crippen LogP contribution < -0.4 is 5.56 Å². The standard InChI is InChI=1S/C12H19IN2OS/c1-7(2)10-9(13)11(16)15-8(14-10)6-17-12(3,4)5/h7H,6H2,1-5H3,(H,14,15,16). The van der Waals surface area contributed by atoms with Gasteiger partial charge >= 0.3 is 0 Å². The average molecular weight is 366 g/mol. The molecule has 1 aromatic rings. The molecule has 1 aromatic heterocycles. The quantitative estimate of drug-likeness (QED) is 0.833. The van der Waals surface area contributed by atoms with Crippen molar-refractivity contribution >= 4 is 34.4 Å². The summed E-state index contributed by atoms with van der Waals surface area (Å²) in [5.41, 5.74) is 0.882. The predicted octanol–water partition coefficient (Wildman–Crippen LogP) is 3.53. The SMILES string of the molecule is CC(C)c1nc(CSC(C)(C)C)[nH]c(=O)c1I. The molecule has 0 aromatic carbocycles. The van der Waals surface area contributed by atoms with E-state index >= 15 is 0 Å². The van der Waals surface area contributed by atoms with Gasteiger partial charge in [0.05, 0.1) is 15.0 Å². The zero-order valence-electron chi connectivity index (χ0n) is 10.9. The van der Waals surface area contributed by atoms with Gasteiger partial charge in [0.15, 0.2) is 0 Å². The number of hydrogen-bond donors (Lipinski definition) is 1. The molecule has 0 saturated heterocycles. The van der Waals surface area contributed by atoms with Gasteiger partial charge in [-0.1, -0.05) is 34.6 Å². The van der Waals surface area contributed by atoms with Crippen LogP contribution >= 0.6 is 34.4 Å². The normalized spacial score (nSPS) is 12.2. The van der Waals surface area contributed by atoms with Gasteiger partial charge < -0.3 is 4.98 Å². The van der Waals surface area contributed by atoms with Gasteiger partial charge in [-0.05, 0) is 28.5 Å². The second kappa shape index (κ2) is 5.73. The third-order valence-electron chi connectivity index (χ3n) is 2.13. The van der Waals surface area contributed by atoms with Crippen molar-refractivity contribution in [2.45, 2.75) is 51.0 Å². The summed E-state index contributed by atoms with van der Waals surface area (Å²) >= 11 is 3.85. The molecule has 0 spiro atoms. The fourth-order valence-electron chi connectivity index (χ4n) is 1.26. The van der Waals surface area contributed by atoms with E-state index in [-0.39, 0.29) is 16.2 Å². The van der Waals surface area contributed by atoms with E-state index in [9.17, 15) is 4.79 Å². The molecule has 0 bridgehead atoms. The van der Waals surface area contributed by atoms with E-state index in [0.717, 1.165) is 17.3 Å². The summed E-state index contributed by atoms with van der Waals surface area (Å²) in [7, 11) is 0. The van der Waals surface area contributed by atoms with E-state index in [1.807, 2.05) is 0 Å². The Morgan fingerprint density at radius 2 is 2.00 bits per heavy atom. The Kier molecular flexibility index (Phi) is 5.07. The highest BCUT2D eigenvalue weighted by atomic mass is 127. The van der Waals surface area contributed by atoms with Gasteiger partial charge in [0.25, 0.3) is 5.56 Å². The molecule has 1 rings (SSSR count). The first-order valence-corrected chi connectivity index (χ1v) is 7.69. The molecule has 0 unspecified atom stereocenters. The molecule has 5 heteroatoms. The molecular formula is C12H19IN2OS. The van der Waals surface area contributed by atoms with E-state index in [0.29, 0.717) is 3.57 Å². The number of hydrogen-bond acceptors (Lipinski definition) is 3. The number of thioether (sulfide) groups is 1. The Bertz CT molecular complexity index is 449. The molecule has 0 atom stereocenters. The molecule has 0 radical (unpaired) electrons. The van der Waals surface area contributed by atoms with Crippen LogP contribution in [0.3, 0.4) is 0 Å². The minimum atomic E-state index is -0.0196. The van der Waals surface area contributed by atoms with Crippen LogP contribution in [0.5, 0.6) is 0 Å². The molecule has 3 nitrogen and oxygen atoms in total. The zero-order valence-corrected chi connectivity index (χ0v) is 13.9. The molecule has 0 aliphatic rings. The monoisotopic (exact) mass is 366 g/mol. The molecule has 0 fully saturated rings. The maximum absolute atomic E-state index is 11.8. The Labute approximate surface area is 120 Å². The Balaban J connectivity index is 2.99. The maximum atomic E-state index is 11.8. The van der Waals surface area contributed by atoms with E-state index in [1.54, 1.807) is 11.8 Å². The lowest BCUT2D eigenvalue weighted by atomic mass is 10.1. The first-order valence-electron chi connectivity index (χ1n) is 5.63. The van der Waals surface area contributed by atoms with Crippen molar-refractivity contribution in [2.75, 3.05) is 0 Å². The van der Waals surface area contributed by atoms with Crippen molar-refractivity contribution < 1.29 is 0 Å². The van der Waals surface area contributed by atoms with Crippen LogP contribution in [-0.4, -0.2) is 14.7 Å². The number of nitrogens with zero attached hydrogens (tertiary/aromatic N) is 1. The highest BCUT2D eigenvalue weighted by molar-refractivity contribution is 14.1. The minimum absolute atomic E-state index is 0.0196. The van der Waals surface area contributed by atoms with E-state index in [1.165, 1.54) is 0 Å². The lowest BCUT2D eigenvalue weighted by Gasteiger charge is -2.17. The Morgan fingerprint density at radius 1 is 1.41 bits per heavy atom. The smallest absolute Gasteiger partial charge is 0.264 e. The first-order chi connectivity index (χ1) is 7.70.